The Morgan fingerprint density at radius 1 is 0.946 bits per heavy atom. The standard InChI is InChI=1S/C28H40F3N3O2Si/c1-7-9-10-15-27(3,4)22-17-20(12-11-16-37(5,6)36-8-2)26(35)25(19-22)34-32-23-14-13-21(28(29,30)31)18-24(23)33-34/h13-14,17-19,35H,7-12,15-16H2,1-6H3. The third-order valence-electron chi connectivity index (χ3n) is 7.04. The predicted octanol–water partition coefficient (Wildman–Crippen LogP) is 8.18. The number of nitrogens with zero attached hydrogens (tertiary/aromatic N) is 3. The summed E-state index contributed by atoms with van der Waals surface area (Å²) in [5.74, 6) is 0.0698. The van der Waals surface area contributed by atoms with Crippen LogP contribution in [0, 0.1) is 0 Å². The van der Waals surface area contributed by atoms with Crippen molar-refractivity contribution in [1.29, 1.82) is 0 Å². The zero-order valence-corrected chi connectivity index (χ0v) is 23.9. The maximum absolute atomic E-state index is 13.2. The van der Waals surface area contributed by atoms with Crippen LogP contribution in [0.25, 0.3) is 16.7 Å². The summed E-state index contributed by atoms with van der Waals surface area (Å²) in [4.78, 5) is 1.27. The Balaban J connectivity index is 2.03. The lowest BCUT2D eigenvalue weighted by Gasteiger charge is -2.27. The molecule has 1 N–H and O–H groups in total. The summed E-state index contributed by atoms with van der Waals surface area (Å²) in [5, 5.41) is 20.0. The van der Waals surface area contributed by atoms with Gasteiger partial charge in [-0.3, -0.25) is 0 Å². The molecule has 0 amide bonds. The molecule has 1 aromatic heterocycles. The Hall–Kier alpha value is -2.39. The molecule has 0 fully saturated rings. The van der Waals surface area contributed by atoms with Gasteiger partial charge >= 0.3 is 6.18 Å². The minimum absolute atomic E-state index is 0.0698. The van der Waals surface area contributed by atoms with Gasteiger partial charge in [0.2, 0.25) is 0 Å². The summed E-state index contributed by atoms with van der Waals surface area (Å²) in [6.45, 7) is 13.7. The van der Waals surface area contributed by atoms with Gasteiger partial charge in [0.05, 0.1) is 5.56 Å². The summed E-state index contributed by atoms with van der Waals surface area (Å²) in [5.41, 5.74) is 1.80. The topological polar surface area (TPSA) is 60.2 Å². The van der Waals surface area contributed by atoms with E-state index >= 15 is 0 Å². The number of rotatable bonds is 12. The van der Waals surface area contributed by atoms with Gasteiger partial charge < -0.3 is 9.53 Å². The molecule has 1 heterocycles. The summed E-state index contributed by atoms with van der Waals surface area (Å²) < 4.78 is 45.6. The molecule has 0 radical (unpaired) electrons. The Bertz CT molecular complexity index is 1210. The van der Waals surface area contributed by atoms with Gasteiger partial charge in [0.1, 0.15) is 22.5 Å². The van der Waals surface area contributed by atoms with Crippen LogP contribution in [0.5, 0.6) is 5.75 Å². The maximum atomic E-state index is 13.2. The fourth-order valence-electron chi connectivity index (χ4n) is 4.74. The number of alkyl halides is 3. The quantitative estimate of drug-likeness (QED) is 0.188. The summed E-state index contributed by atoms with van der Waals surface area (Å²) in [7, 11) is -1.77. The molecular formula is C28H40F3N3O2Si. The number of aromatic nitrogens is 3. The number of phenolic OH excluding ortho intramolecular Hbond substituents is 1. The summed E-state index contributed by atoms with van der Waals surface area (Å²) in [6.07, 6.45) is 1.42. The fraction of sp³-hybridized carbons (Fsp3) is 0.571. The second kappa shape index (κ2) is 11.6. The van der Waals surface area contributed by atoms with E-state index in [1.165, 1.54) is 10.9 Å². The minimum Gasteiger partial charge on any atom is -0.505 e. The third-order valence-corrected chi connectivity index (χ3v) is 9.67. The van der Waals surface area contributed by atoms with Crippen molar-refractivity contribution < 1.29 is 22.7 Å². The first-order valence-electron chi connectivity index (χ1n) is 13.2. The number of benzene rings is 2. The first kappa shape index (κ1) is 29.2. The molecule has 3 rings (SSSR count). The summed E-state index contributed by atoms with van der Waals surface area (Å²) >= 11 is 0. The minimum atomic E-state index is -4.46. The van der Waals surface area contributed by atoms with Crippen LogP contribution in [0.1, 0.15) is 76.5 Å². The molecule has 9 heteroatoms. The van der Waals surface area contributed by atoms with Gasteiger partial charge in [-0.15, -0.1) is 15.0 Å². The first-order valence-corrected chi connectivity index (χ1v) is 16.3. The third kappa shape index (κ3) is 7.35. The molecule has 0 aliphatic carbocycles. The highest BCUT2D eigenvalue weighted by Gasteiger charge is 2.31. The van der Waals surface area contributed by atoms with E-state index < -0.39 is 20.1 Å². The van der Waals surface area contributed by atoms with E-state index in [-0.39, 0.29) is 16.7 Å². The van der Waals surface area contributed by atoms with Crippen molar-refractivity contribution in [3.05, 3.63) is 47.0 Å². The Labute approximate surface area is 219 Å². The lowest BCUT2D eigenvalue weighted by atomic mass is 9.79. The number of hydrogen-bond donors (Lipinski definition) is 1. The number of aromatic hydroxyl groups is 1. The van der Waals surface area contributed by atoms with Crippen LogP contribution in [-0.2, 0) is 22.4 Å². The second-order valence-electron chi connectivity index (χ2n) is 11.1. The molecule has 37 heavy (non-hydrogen) atoms. The number of aryl methyl sites for hydroxylation is 1. The molecule has 0 aliphatic rings. The zero-order valence-electron chi connectivity index (χ0n) is 22.9. The second-order valence-corrected chi connectivity index (χ2v) is 15.4. The molecule has 0 bridgehead atoms. The molecule has 0 atom stereocenters. The van der Waals surface area contributed by atoms with Crippen molar-refractivity contribution in [3.8, 4) is 11.4 Å². The highest BCUT2D eigenvalue weighted by atomic mass is 28.4. The molecule has 0 spiro atoms. The number of phenols is 1. The van der Waals surface area contributed by atoms with Crippen LogP contribution in [0.4, 0.5) is 13.2 Å². The van der Waals surface area contributed by atoms with Crippen LogP contribution in [-0.4, -0.2) is 35.0 Å². The molecule has 5 nitrogen and oxygen atoms in total. The Kier molecular flexibility index (Phi) is 9.11. The van der Waals surface area contributed by atoms with E-state index in [9.17, 15) is 18.3 Å². The monoisotopic (exact) mass is 535 g/mol. The van der Waals surface area contributed by atoms with Gasteiger partial charge in [0.15, 0.2) is 8.32 Å². The van der Waals surface area contributed by atoms with Gasteiger partial charge in [-0.05, 0) is 86.1 Å². The van der Waals surface area contributed by atoms with Crippen LogP contribution < -0.4 is 0 Å². The smallest absolute Gasteiger partial charge is 0.416 e. The lowest BCUT2D eigenvalue weighted by molar-refractivity contribution is -0.137. The molecule has 204 valence electrons. The fourth-order valence-corrected chi connectivity index (χ4v) is 6.69. The molecule has 0 aliphatic heterocycles. The first-order chi connectivity index (χ1) is 17.3. The largest absolute Gasteiger partial charge is 0.505 e. The van der Waals surface area contributed by atoms with Gasteiger partial charge in [-0.1, -0.05) is 46.1 Å². The highest BCUT2D eigenvalue weighted by Crippen LogP contribution is 2.37. The molecule has 0 saturated carbocycles. The average Bonchev–Trinajstić information content (AvgIpc) is 3.22. The van der Waals surface area contributed by atoms with Gasteiger partial charge in [-0.2, -0.15) is 13.2 Å². The summed E-state index contributed by atoms with van der Waals surface area (Å²) in [6, 6.07) is 8.24. The lowest BCUT2D eigenvalue weighted by Crippen LogP contribution is -2.30. The van der Waals surface area contributed by atoms with E-state index in [0.29, 0.717) is 24.2 Å². The average molecular weight is 536 g/mol. The zero-order chi connectivity index (χ0) is 27.4. The van der Waals surface area contributed by atoms with E-state index in [1.54, 1.807) is 0 Å². The van der Waals surface area contributed by atoms with Gasteiger partial charge in [-0.25, -0.2) is 0 Å². The number of hydrogen-bond acceptors (Lipinski definition) is 4. The molecule has 0 unspecified atom stereocenters. The number of fused-ring (bicyclic) bond motifs is 1. The number of halogens is 3. The van der Waals surface area contributed by atoms with E-state index in [0.717, 1.165) is 61.4 Å². The normalized spacial score (nSPS) is 13.0. The predicted molar refractivity (Wildman–Crippen MR) is 145 cm³/mol. The highest BCUT2D eigenvalue weighted by molar-refractivity contribution is 6.71. The van der Waals surface area contributed by atoms with Crippen molar-refractivity contribution in [2.24, 2.45) is 0 Å². The van der Waals surface area contributed by atoms with E-state index in [4.69, 9.17) is 4.43 Å². The molecule has 2 aromatic carbocycles. The Morgan fingerprint density at radius 3 is 2.30 bits per heavy atom. The van der Waals surface area contributed by atoms with Gasteiger partial charge in [0.25, 0.3) is 0 Å². The molecule has 3 aromatic rings. The van der Waals surface area contributed by atoms with E-state index in [2.05, 4.69) is 50.1 Å². The molecule has 0 saturated heterocycles. The van der Waals surface area contributed by atoms with Crippen LogP contribution in [0.3, 0.4) is 0 Å². The van der Waals surface area contributed by atoms with Crippen molar-refractivity contribution in [2.75, 3.05) is 6.61 Å². The van der Waals surface area contributed by atoms with Crippen molar-refractivity contribution >= 4 is 19.4 Å². The van der Waals surface area contributed by atoms with Crippen LogP contribution >= 0.6 is 0 Å². The van der Waals surface area contributed by atoms with Gasteiger partial charge in [0, 0.05) is 6.61 Å². The van der Waals surface area contributed by atoms with E-state index in [1.807, 2.05) is 13.0 Å². The maximum Gasteiger partial charge on any atom is 0.416 e. The van der Waals surface area contributed by atoms with Crippen molar-refractivity contribution in [1.82, 2.24) is 15.0 Å². The Morgan fingerprint density at radius 2 is 1.65 bits per heavy atom. The van der Waals surface area contributed by atoms with Crippen LogP contribution in [0.2, 0.25) is 19.1 Å². The van der Waals surface area contributed by atoms with Crippen molar-refractivity contribution in [3.63, 3.8) is 0 Å². The van der Waals surface area contributed by atoms with Crippen molar-refractivity contribution in [2.45, 2.75) is 96.9 Å². The van der Waals surface area contributed by atoms with Crippen LogP contribution in [0.15, 0.2) is 30.3 Å². The molecular weight excluding hydrogens is 495 g/mol. The SMILES string of the molecule is CCCCCC(C)(C)c1cc(CCC[Si](C)(C)OCC)c(O)c(-n2nc3ccc(C(F)(F)F)cc3n2)c1. The number of unbranched alkanes of at least 4 members (excludes halogenated alkanes) is 2.